The second-order valence-corrected chi connectivity index (χ2v) is 6.90. The lowest BCUT2D eigenvalue weighted by Crippen LogP contribution is -2.28. The first-order valence-electron chi connectivity index (χ1n) is 9.06. The van der Waals surface area contributed by atoms with Crippen molar-refractivity contribution in [2.45, 2.75) is 38.3 Å². The summed E-state index contributed by atoms with van der Waals surface area (Å²) in [5.41, 5.74) is 1.61. The van der Waals surface area contributed by atoms with Crippen molar-refractivity contribution in [1.82, 2.24) is 5.32 Å². The first-order chi connectivity index (χ1) is 12.7. The van der Waals surface area contributed by atoms with Crippen LogP contribution in [-0.2, 0) is 4.74 Å². The van der Waals surface area contributed by atoms with Crippen LogP contribution in [0.25, 0.3) is 0 Å². The predicted octanol–water partition coefficient (Wildman–Crippen LogP) is 4.78. The van der Waals surface area contributed by atoms with E-state index >= 15 is 0 Å². The largest absolute Gasteiger partial charge is 0.491 e. The van der Waals surface area contributed by atoms with Crippen LogP contribution in [0.3, 0.4) is 0 Å². The van der Waals surface area contributed by atoms with Gasteiger partial charge >= 0.3 is 0 Å². The molecule has 138 valence electrons. The molecule has 2 atom stereocenters. The van der Waals surface area contributed by atoms with Gasteiger partial charge in [0.15, 0.2) is 0 Å². The number of amides is 1. The summed E-state index contributed by atoms with van der Waals surface area (Å²) in [4.78, 5) is 12.5. The lowest BCUT2D eigenvalue weighted by molar-refractivity contribution is 0.0679. The first-order valence-corrected chi connectivity index (χ1v) is 9.44. The van der Waals surface area contributed by atoms with Crippen LogP contribution in [0.1, 0.15) is 48.1 Å². The van der Waals surface area contributed by atoms with Crippen molar-refractivity contribution in [1.29, 1.82) is 0 Å². The van der Waals surface area contributed by atoms with Crippen molar-refractivity contribution in [2.75, 3.05) is 13.2 Å². The van der Waals surface area contributed by atoms with Crippen molar-refractivity contribution in [2.24, 2.45) is 0 Å². The Labute approximate surface area is 159 Å². The van der Waals surface area contributed by atoms with E-state index in [9.17, 15) is 4.79 Å². The average Bonchev–Trinajstić information content (AvgIpc) is 3.18. The summed E-state index contributed by atoms with van der Waals surface area (Å²) in [6.45, 7) is 3.41. The van der Waals surface area contributed by atoms with Crippen molar-refractivity contribution >= 4 is 17.5 Å². The normalized spacial score (nSPS) is 17.7. The molecule has 1 fully saturated rings. The molecule has 0 radical (unpaired) electrons. The van der Waals surface area contributed by atoms with Crippen LogP contribution in [0.4, 0.5) is 0 Å². The molecular formula is C21H24ClNO3. The maximum Gasteiger partial charge on any atom is 0.251 e. The molecule has 2 aromatic rings. The summed E-state index contributed by atoms with van der Waals surface area (Å²) in [5, 5.41) is 3.73. The molecule has 1 aliphatic heterocycles. The third-order valence-electron chi connectivity index (χ3n) is 4.54. The minimum atomic E-state index is -0.109. The summed E-state index contributed by atoms with van der Waals surface area (Å²) >= 11 is 6.06. The summed E-state index contributed by atoms with van der Waals surface area (Å²) < 4.78 is 11.3. The van der Waals surface area contributed by atoms with E-state index in [2.05, 4.69) is 5.32 Å². The number of hydrogen-bond donors (Lipinski definition) is 1. The Kier molecular flexibility index (Phi) is 6.53. The molecule has 1 heterocycles. The van der Waals surface area contributed by atoms with Crippen LogP contribution >= 0.6 is 11.6 Å². The highest BCUT2D eigenvalue weighted by Crippen LogP contribution is 2.21. The Bertz CT molecular complexity index is 726. The Morgan fingerprint density at radius 3 is 2.77 bits per heavy atom. The van der Waals surface area contributed by atoms with Gasteiger partial charge in [0.05, 0.1) is 12.1 Å². The van der Waals surface area contributed by atoms with E-state index in [-0.39, 0.29) is 18.1 Å². The lowest BCUT2D eigenvalue weighted by atomic mass is 10.0. The van der Waals surface area contributed by atoms with Gasteiger partial charge in [0.25, 0.3) is 5.91 Å². The molecular weight excluding hydrogens is 350 g/mol. The Morgan fingerprint density at radius 1 is 1.31 bits per heavy atom. The average molecular weight is 374 g/mol. The number of carbonyl (C=O) groups is 1. The molecule has 0 spiro atoms. The summed E-state index contributed by atoms with van der Waals surface area (Å²) in [7, 11) is 0. The van der Waals surface area contributed by atoms with E-state index in [1.165, 1.54) is 0 Å². The number of rotatable bonds is 7. The van der Waals surface area contributed by atoms with E-state index in [1.807, 2.05) is 43.3 Å². The zero-order chi connectivity index (χ0) is 18.4. The molecule has 0 aromatic heterocycles. The quantitative estimate of drug-likeness (QED) is 0.759. The van der Waals surface area contributed by atoms with Gasteiger partial charge in [-0.1, -0.05) is 30.7 Å². The molecule has 0 bridgehead atoms. The summed E-state index contributed by atoms with van der Waals surface area (Å²) in [6, 6.07) is 14.7. The van der Waals surface area contributed by atoms with Gasteiger partial charge in [0, 0.05) is 17.2 Å². The van der Waals surface area contributed by atoms with E-state index in [4.69, 9.17) is 21.1 Å². The smallest absolute Gasteiger partial charge is 0.251 e. The van der Waals surface area contributed by atoms with Gasteiger partial charge in [-0.15, -0.1) is 0 Å². The van der Waals surface area contributed by atoms with Gasteiger partial charge in [-0.3, -0.25) is 4.79 Å². The number of benzene rings is 2. The minimum Gasteiger partial charge on any atom is -0.491 e. The van der Waals surface area contributed by atoms with Crippen molar-refractivity contribution in [3.8, 4) is 5.75 Å². The van der Waals surface area contributed by atoms with Gasteiger partial charge in [-0.05, 0) is 61.2 Å². The minimum absolute atomic E-state index is 0.0726. The fourth-order valence-corrected chi connectivity index (χ4v) is 3.25. The van der Waals surface area contributed by atoms with Crippen molar-refractivity contribution in [3.63, 3.8) is 0 Å². The molecule has 1 amide bonds. The van der Waals surface area contributed by atoms with E-state index in [1.54, 1.807) is 12.1 Å². The molecule has 26 heavy (non-hydrogen) atoms. The zero-order valence-corrected chi connectivity index (χ0v) is 15.7. The number of halogens is 1. The second kappa shape index (κ2) is 9.06. The molecule has 5 heteroatoms. The van der Waals surface area contributed by atoms with Crippen LogP contribution in [0, 0.1) is 0 Å². The van der Waals surface area contributed by atoms with Crippen LogP contribution in [-0.4, -0.2) is 25.2 Å². The van der Waals surface area contributed by atoms with E-state index in [0.29, 0.717) is 17.2 Å². The molecule has 2 unspecified atom stereocenters. The number of ether oxygens (including phenoxy) is 2. The highest BCUT2D eigenvalue weighted by molar-refractivity contribution is 6.30. The standard InChI is InChI=1S/C21H24ClNO3/c1-2-20(16-5-3-6-17(22)13-16)23-21(24)15-8-10-18(11-9-15)26-14-19-7-4-12-25-19/h3,5-6,8-11,13,19-20H,2,4,7,12,14H2,1H3,(H,23,24). The second-order valence-electron chi connectivity index (χ2n) is 6.46. The number of hydrogen-bond acceptors (Lipinski definition) is 3. The summed E-state index contributed by atoms with van der Waals surface area (Å²) in [5.74, 6) is 0.640. The lowest BCUT2D eigenvalue weighted by Gasteiger charge is -2.18. The van der Waals surface area contributed by atoms with Gasteiger partial charge in [-0.25, -0.2) is 0 Å². The monoisotopic (exact) mass is 373 g/mol. The first kappa shape index (κ1) is 18.7. The van der Waals surface area contributed by atoms with Crippen LogP contribution in [0.5, 0.6) is 5.75 Å². The highest BCUT2D eigenvalue weighted by atomic mass is 35.5. The van der Waals surface area contributed by atoms with Gasteiger partial charge < -0.3 is 14.8 Å². The zero-order valence-electron chi connectivity index (χ0n) is 14.9. The Hall–Kier alpha value is -2.04. The number of nitrogens with one attached hydrogen (secondary N) is 1. The molecule has 1 aliphatic rings. The topological polar surface area (TPSA) is 47.6 Å². The highest BCUT2D eigenvalue weighted by Gasteiger charge is 2.17. The van der Waals surface area contributed by atoms with Gasteiger partial charge in [-0.2, -0.15) is 0 Å². The van der Waals surface area contributed by atoms with Crippen LogP contribution in [0.15, 0.2) is 48.5 Å². The third-order valence-corrected chi connectivity index (χ3v) is 4.78. The molecule has 4 nitrogen and oxygen atoms in total. The maximum atomic E-state index is 12.5. The molecule has 0 aliphatic carbocycles. The number of carbonyl (C=O) groups excluding carboxylic acids is 1. The van der Waals surface area contributed by atoms with Crippen molar-refractivity contribution < 1.29 is 14.3 Å². The predicted molar refractivity (Wildman–Crippen MR) is 103 cm³/mol. The fourth-order valence-electron chi connectivity index (χ4n) is 3.05. The molecule has 3 rings (SSSR count). The Balaban J connectivity index is 1.58. The Morgan fingerprint density at radius 2 is 2.12 bits per heavy atom. The summed E-state index contributed by atoms with van der Waals surface area (Å²) in [6.07, 6.45) is 3.11. The molecule has 1 N–H and O–H groups in total. The molecule has 1 saturated heterocycles. The SMILES string of the molecule is CCC(NC(=O)c1ccc(OCC2CCCO2)cc1)c1cccc(Cl)c1. The molecule has 2 aromatic carbocycles. The van der Waals surface area contributed by atoms with E-state index < -0.39 is 0 Å². The van der Waals surface area contributed by atoms with Crippen molar-refractivity contribution in [3.05, 3.63) is 64.7 Å². The van der Waals surface area contributed by atoms with Crippen LogP contribution in [0.2, 0.25) is 5.02 Å². The molecule has 0 saturated carbocycles. The maximum absolute atomic E-state index is 12.5. The van der Waals surface area contributed by atoms with E-state index in [0.717, 1.165) is 37.2 Å². The fraction of sp³-hybridized carbons (Fsp3) is 0.381. The van der Waals surface area contributed by atoms with Gasteiger partial charge in [0.2, 0.25) is 0 Å². The third kappa shape index (κ3) is 4.99. The van der Waals surface area contributed by atoms with Gasteiger partial charge in [0.1, 0.15) is 12.4 Å². The van der Waals surface area contributed by atoms with Crippen LogP contribution < -0.4 is 10.1 Å².